The number of hydrogen-bond donors (Lipinski definition) is 7. The second kappa shape index (κ2) is 36.4. The Morgan fingerprint density at radius 3 is 1.29 bits per heavy atom. The molecule has 0 atom stereocenters. The summed E-state index contributed by atoms with van der Waals surface area (Å²) in [7, 11) is 0. The van der Waals surface area contributed by atoms with Crippen molar-refractivity contribution < 1.29 is 69.8 Å². The zero-order valence-corrected chi connectivity index (χ0v) is 26.0. The number of para-hydroxylation sites is 2. The predicted octanol–water partition coefficient (Wildman–Crippen LogP) is -1.62. The number of nitrogens with zero attached hydrogens (tertiary/aromatic N) is 4. The van der Waals surface area contributed by atoms with Crippen LogP contribution in [0.2, 0.25) is 0 Å². The topological polar surface area (TPSA) is 340 Å². The van der Waals surface area contributed by atoms with Crippen molar-refractivity contribution in [1.29, 1.82) is 0 Å². The van der Waals surface area contributed by atoms with Gasteiger partial charge in [-0.2, -0.15) is 0 Å². The maximum atomic E-state index is 11.4. The fourth-order valence-electron chi connectivity index (χ4n) is 2.35. The number of aromatic hydroxyl groups is 2. The smallest absolute Gasteiger partial charge is 0.870 e. The van der Waals surface area contributed by atoms with E-state index in [1.54, 1.807) is 31.2 Å². The Kier molecular flexibility index (Phi) is 41.1. The molecule has 0 spiro atoms. The minimum atomic E-state index is -1.75. The summed E-state index contributed by atoms with van der Waals surface area (Å²) in [5.41, 5.74) is 11.4. The van der Waals surface area contributed by atoms with Gasteiger partial charge in [-0.25, -0.2) is 0 Å². The predicted molar refractivity (Wildman–Crippen MR) is 157 cm³/mol. The van der Waals surface area contributed by atoms with Crippen molar-refractivity contribution in [2.24, 2.45) is 21.5 Å². The van der Waals surface area contributed by atoms with E-state index in [1.807, 2.05) is 0 Å². The van der Waals surface area contributed by atoms with Gasteiger partial charge in [0.15, 0.2) is 0 Å². The van der Waals surface area contributed by atoms with Gasteiger partial charge in [-0.1, -0.05) is 35.8 Å². The second-order valence-electron chi connectivity index (χ2n) is 7.30. The Hall–Kier alpha value is -3.78. The summed E-state index contributed by atoms with van der Waals surface area (Å²) in [5.74, 6) is -1.27. The summed E-state index contributed by atoms with van der Waals surface area (Å²) in [6, 6.07) is 9.21. The summed E-state index contributed by atoms with van der Waals surface area (Å²) < 4.78 is 0. The van der Waals surface area contributed by atoms with Gasteiger partial charge in [-0.3, -0.25) is 9.98 Å². The number of phenolic OH excluding ortho intramolecular Hbond substituents is 2. The molecule has 2 rings (SSSR count). The van der Waals surface area contributed by atoms with Gasteiger partial charge in [0.1, 0.15) is 11.5 Å². The van der Waals surface area contributed by atoms with Crippen molar-refractivity contribution in [3.8, 4) is 23.0 Å². The van der Waals surface area contributed by atoms with Crippen LogP contribution in [0.4, 0.5) is 0 Å². The molecule has 2 aromatic rings. The number of benzene rings is 2. The number of phenols is 2. The molecule has 0 amide bonds. The molecule has 2 aromatic carbocycles. The number of aliphatic hydroxyl groups excluding tert-OH is 1. The summed E-state index contributed by atoms with van der Waals surface area (Å²) >= 11 is 0. The Bertz CT molecular complexity index is 982. The molecule has 0 heterocycles. The van der Waals surface area contributed by atoms with Crippen LogP contribution < -0.4 is 32.3 Å². The molecule has 0 bridgehead atoms. The molecule has 21 heteroatoms. The number of aliphatic hydroxyl groups is 1. The molecule has 45 heavy (non-hydrogen) atoms. The number of nitrogens with two attached hydrogens (primary N) is 2. The third-order valence-corrected chi connectivity index (χ3v) is 3.99. The van der Waals surface area contributed by atoms with E-state index in [-0.39, 0.29) is 63.7 Å². The third kappa shape index (κ3) is 36.3. The van der Waals surface area contributed by atoms with Crippen LogP contribution in [0.3, 0.4) is 0 Å². The van der Waals surface area contributed by atoms with Gasteiger partial charge in [-0.05, 0) is 30.2 Å². The van der Waals surface area contributed by atoms with E-state index in [0.717, 1.165) is 26.2 Å². The summed E-state index contributed by atoms with van der Waals surface area (Å²) in [5, 5.41) is 84.3. The van der Waals surface area contributed by atoms with Crippen molar-refractivity contribution in [2.75, 3.05) is 59.0 Å². The van der Waals surface area contributed by atoms with E-state index < -0.39 is 10.2 Å². The molecule has 19 nitrogen and oxygen atoms in total. The average Bonchev–Trinajstić information content (AvgIpc) is 2.93. The van der Waals surface area contributed by atoms with E-state index in [2.05, 4.69) is 20.6 Å². The standard InChI is InChI=1S/2C11H17N3O2.C2H6O.2Cu.2NO3/c2*12-4-5-13-6-7-14-8-9-2-1-3-10(15)11(9)16;1-2-3;;;2*2-1(3)4/h2*1-3,8,13,15-16H,4-7,12H2;3H,2H2,1H3;;;;/q;;;2*+2;2*-1/p-2. The monoisotopic (exact) mass is 740 g/mol. The Balaban J connectivity index is -0.000000173. The fourth-order valence-corrected chi connectivity index (χ4v) is 2.35. The van der Waals surface area contributed by atoms with Gasteiger partial charge < -0.3 is 78.3 Å². The molecular weight excluding hydrogens is 703 g/mol. The van der Waals surface area contributed by atoms with Gasteiger partial charge in [0.25, 0.3) is 0 Å². The van der Waals surface area contributed by atoms with E-state index in [0.29, 0.717) is 37.3 Å². The second-order valence-corrected chi connectivity index (χ2v) is 7.30. The van der Waals surface area contributed by atoms with Crippen LogP contribution in [0.15, 0.2) is 46.4 Å². The van der Waals surface area contributed by atoms with Crippen LogP contribution in [-0.2, 0) is 34.1 Å². The van der Waals surface area contributed by atoms with E-state index >= 15 is 0 Å². The Labute approximate surface area is 280 Å². The fraction of sp³-hybridized carbons (Fsp3) is 0.417. The van der Waals surface area contributed by atoms with Gasteiger partial charge >= 0.3 is 34.1 Å². The molecule has 0 aliphatic carbocycles. The SMILES string of the molecule is CCO.NCCNCCN=Cc1cccc(O)c1[O-].NCCNCCN=Cc1cccc(O)c1[O-].O=[N+]([O-])[O-].O=[N+]([O-])[O-].[Cu+2].[Cu+2]. The molecule has 0 saturated heterocycles. The van der Waals surface area contributed by atoms with E-state index in [9.17, 15) is 20.4 Å². The van der Waals surface area contributed by atoms with Crippen molar-refractivity contribution >= 4 is 12.4 Å². The Morgan fingerprint density at radius 1 is 0.733 bits per heavy atom. The summed E-state index contributed by atoms with van der Waals surface area (Å²) in [4.78, 5) is 24.7. The third-order valence-electron chi connectivity index (χ3n) is 3.99. The normalized spacial score (nSPS) is 9.33. The van der Waals surface area contributed by atoms with Crippen LogP contribution in [0.5, 0.6) is 23.0 Å². The van der Waals surface area contributed by atoms with Crippen molar-refractivity contribution in [3.63, 3.8) is 0 Å². The zero-order chi connectivity index (χ0) is 33.5. The first-order chi connectivity index (χ1) is 20.4. The van der Waals surface area contributed by atoms with Gasteiger partial charge in [0, 0.05) is 58.3 Å². The maximum Gasteiger partial charge on any atom is 2.00 e. The molecule has 0 aliphatic rings. The van der Waals surface area contributed by atoms with Crippen LogP contribution in [0.25, 0.3) is 0 Å². The number of hydrogen-bond acceptors (Lipinski definition) is 17. The van der Waals surface area contributed by atoms with Crippen LogP contribution >= 0.6 is 0 Å². The first-order valence-electron chi connectivity index (χ1n) is 12.4. The van der Waals surface area contributed by atoms with Crippen molar-refractivity contribution in [1.82, 2.24) is 10.6 Å². The first kappa shape index (κ1) is 50.8. The van der Waals surface area contributed by atoms with Crippen LogP contribution in [-0.4, -0.2) is 96.9 Å². The molecule has 0 aliphatic heterocycles. The van der Waals surface area contributed by atoms with E-state index in [4.69, 9.17) is 47.2 Å². The van der Waals surface area contributed by atoms with Crippen molar-refractivity contribution in [2.45, 2.75) is 6.92 Å². The maximum absolute atomic E-state index is 11.4. The quantitative estimate of drug-likeness (QED) is 0.0423. The average molecular weight is 742 g/mol. The van der Waals surface area contributed by atoms with Crippen LogP contribution in [0.1, 0.15) is 18.1 Å². The van der Waals surface area contributed by atoms with Gasteiger partial charge in [-0.15, -0.1) is 0 Å². The Morgan fingerprint density at radius 2 is 1.02 bits per heavy atom. The molecular formula is C24H38Cu2N8O11. The summed E-state index contributed by atoms with van der Waals surface area (Å²) in [6.07, 6.45) is 2.96. The van der Waals surface area contributed by atoms with Crippen LogP contribution in [0, 0.1) is 30.6 Å². The molecule has 9 N–H and O–H groups in total. The van der Waals surface area contributed by atoms with Gasteiger partial charge in [0.05, 0.1) is 23.3 Å². The van der Waals surface area contributed by atoms with Gasteiger partial charge in [0.2, 0.25) is 0 Å². The largest absolute Gasteiger partial charge is 2.00 e. The molecule has 0 fully saturated rings. The molecule has 0 aromatic heterocycles. The van der Waals surface area contributed by atoms with E-state index in [1.165, 1.54) is 24.6 Å². The number of rotatable bonds is 12. The molecule has 0 saturated carbocycles. The molecule has 2 radical (unpaired) electrons. The first-order valence-corrected chi connectivity index (χ1v) is 12.4. The number of nitrogens with one attached hydrogen (secondary N) is 2. The van der Waals surface area contributed by atoms with Crippen molar-refractivity contribution in [3.05, 3.63) is 78.2 Å². The molecule has 0 unspecified atom stereocenters. The zero-order valence-electron chi connectivity index (χ0n) is 24.1. The minimum Gasteiger partial charge on any atom is -0.870 e. The minimum absolute atomic E-state index is 0. The summed E-state index contributed by atoms with van der Waals surface area (Å²) in [6.45, 7) is 7.25. The number of aliphatic imine (C=N–C) groups is 2. The molecule has 262 valence electrons.